The van der Waals surface area contributed by atoms with Crippen LogP contribution in [0.4, 0.5) is 0 Å². The molecule has 0 aliphatic heterocycles. The maximum absolute atomic E-state index is 4.98. The summed E-state index contributed by atoms with van der Waals surface area (Å²) in [6.45, 7) is 0. The molecule has 0 N–H and O–H groups in total. The number of rotatable bonds is 5. The maximum atomic E-state index is 4.98. The molecule has 0 atom stereocenters. The molecule has 50 heavy (non-hydrogen) atoms. The highest BCUT2D eigenvalue weighted by molar-refractivity contribution is 7.25. The summed E-state index contributed by atoms with van der Waals surface area (Å²) in [5.41, 5.74) is 8.60. The minimum atomic E-state index is 0.644. The van der Waals surface area contributed by atoms with Crippen molar-refractivity contribution in [3.63, 3.8) is 0 Å². The smallest absolute Gasteiger partial charge is 0.164 e. The summed E-state index contributed by atoms with van der Waals surface area (Å²) in [6, 6.07) is 59.7. The highest BCUT2D eigenvalue weighted by Crippen LogP contribution is 2.41. The van der Waals surface area contributed by atoms with E-state index in [1.54, 1.807) is 0 Å². The van der Waals surface area contributed by atoms with E-state index in [1.807, 2.05) is 72.0 Å². The Balaban J connectivity index is 1.11. The van der Waals surface area contributed by atoms with Gasteiger partial charge in [-0.25, -0.2) is 15.0 Å². The van der Waals surface area contributed by atoms with Crippen molar-refractivity contribution in [2.24, 2.45) is 0 Å². The topological polar surface area (TPSA) is 43.6 Å². The van der Waals surface area contributed by atoms with Crippen molar-refractivity contribution >= 4 is 53.3 Å². The number of hydrogen-bond acceptors (Lipinski definition) is 4. The standard InChI is InChI=1S/C45H28N4S/c1-3-13-29(14-4-1)43-46-44(30-15-5-2-6-16-30)48-45(47-43)33-19-11-17-31(25-33)32-18-12-20-34(26-32)49-39-23-9-7-21-35(39)37-27-38-36-22-8-10-24-41(36)50-42(38)28-40(37)49/h1-28H. The number of fused-ring (bicyclic) bond motifs is 6. The predicted octanol–water partition coefficient (Wildman–Crippen LogP) is 12.0. The van der Waals surface area contributed by atoms with E-state index in [2.05, 4.69) is 114 Å². The Bertz CT molecular complexity index is 2810. The van der Waals surface area contributed by atoms with E-state index in [9.17, 15) is 0 Å². The molecule has 234 valence electrons. The van der Waals surface area contributed by atoms with Crippen molar-refractivity contribution in [3.8, 4) is 51.0 Å². The van der Waals surface area contributed by atoms with E-state index in [1.165, 1.54) is 42.0 Å². The summed E-state index contributed by atoms with van der Waals surface area (Å²) in [5, 5.41) is 5.15. The molecule has 5 heteroatoms. The van der Waals surface area contributed by atoms with Crippen molar-refractivity contribution in [1.29, 1.82) is 0 Å². The van der Waals surface area contributed by atoms with Gasteiger partial charge in [0.15, 0.2) is 17.5 Å². The summed E-state index contributed by atoms with van der Waals surface area (Å²) in [4.78, 5) is 14.8. The van der Waals surface area contributed by atoms with Crippen LogP contribution in [0.2, 0.25) is 0 Å². The van der Waals surface area contributed by atoms with E-state index in [0.29, 0.717) is 17.5 Å². The van der Waals surface area contributed by atoms with Crippen LogP contribution in [0.1, 0.15) is 0 Å². The van der Waals surface area contributed by atoms with Crippen LogP contribution in [0.3, 0.4) is 0 Å². The molecule has 0 fully saturated rings. The monoisotopic (exact) mass is 656 g/mol. The second-order valence-corrected chi connectivity index (χ2v) is 13.6. The number of benzene rings is 7. The third-order valence-electron chi connectivity index (χ3n) is 9.43. The summed E-state index contributed by atoms with van der Waals surface area (Å²) in [7, 11) is 0. The molecule has 0 amide bonds. The molecule has 10 rings (SSSR count). The molecule has 0 saturated heterocycles. The van der Waals surface area contributed by atoms with Crippen LogP contribution in [-0.4, -0.2) is 19.5 Å². The quantitative estimate of drug-likeness (QED) is 0.185. The molecule has 7 aromatic carbocycles. The molecule has 3 heterocycles. The molecule has 0 radical (unpaired) electrons. The largest absolute Gasteiger partial charge is 0.309 e. The van der Waals surface area contributed by atoms with Gasteiger partial charge >= 0.3 is 0 Å². The van der Waals surface area contributed by atoms with Crippen molar-refractivity contribution in [1.82, 2.24) is 19.5 Å². The lowest BCUT2D eigenvalue weighted by Crippen LogP contribution is -2.00. The van der Waals surface area contributed by atoms with E-state index in [0.717, 1.165) is 33.5 Å². The van der Waals surface area contributed by atoms with Gasteiger partial charge in [0.2, 0.25) is 0 Å². The third kappa shape index (κ3) is 4.79. The fourth-order valence-electron chi connectivity index (χ4n) is 7.07. The van der Waals surface area contributed by atoms with Gasteiger partial charge in [-0.1, -0.05) is 127 Å². The Kier molecular flexibility index (Phi) is 6.64. The Morgan fingerprint density at radius 3 is 1.64 bits per heavy atom. The van der Waals surface area contributed by atoms with E-state index in [4.69, 9.17) is 15.0 Å². The van der Waals surface area contributed by atoms with Gasteiger partial charge in [-0.15, -0.1) is 11.3 Å². The Hall–Kier alpha value is -6.43. The molecule has 3 aromatic heterocycles. The second kappa shape index (κ2) is 11.6. The van der Waals surface area contributed by atoms with Crippen LogP contribution in [0.15, 0.2) is 170 Å². The molecule has 0 saturated carbocycles. The van der Waals surface area contributed by atoms with Crippen LogP contribution in [0, 0.1) is 0 Å². The van der Waals surface area contributed by atoms with Crippen LogP contribution < -0.4 is 0 Å². The molecule has 0 spiro atoms. The average Bonchev–Trinajstić information content (AvgIpc) is 3.72. The number of para-hydroxylation sites is 1. The van der Waals surface area contributed by atoms with Gasteiger partial charge in [0, 0.05) is 53.3 Å². The van der Waals surface area contributed by atoms with Crippen molar-refractivity contribution < 1.29 is 0 Å². The van der Waals surface area contributed by atoms with Crippen molar-refractivity contribution in [2.75, 3.05) is 0 Å². The van der Waals surface area contributed by atoms with Crippen molar-refractivity contribution in [2.45, 2.75) is 0 Å². The van der Waals surface area contributed by atoms with E-state index in [-0.39, 0.29) is 0 Å². The minimum Gasteiger partial charge on any atom is -0.309 e. The summed E-state index contributed by atoms with van der Waals surface area (Å²) in [5.74, 6) is 1.95. The highest BCUT2D eigenvalue weighted by Gasteiger charge is 2.17. The zero-order valence-corrected chi connectivity index (χ0v) is 27.7. The lowest BCUT2D eigenvalue weighted by molar-refractivity contribution is 1.07. The minimum absolute atomic E-state index is 0.644. The molecular formula is C45H28N4S. The summed E-state index contributed by atoms with van der Waals surface area (Å²) < 4.78 is 5.03. The average molecular weight is 657 g/mol. The number of aromatic nitrogens is 4. The van der Waals surface area contributed by atoms with Gasteiger partial charge in [0.1, 0.15) is 0 Å². The molecule has 0 bridgehead atoms. The normalized spacial score (nSPS) is 11.6. The zero-order chi connectivity index (χ0) is 33.0. The summed E-state index contributed by atoms with van der Waals surface area (Å²) in [6.07, 6.45) is 0. The van der Waals surface area contributed by atoms with E-state index >= 15 is 0 Å². The van der Waals surface area contributed by atoms with Gasteiger partial charge in [-0.05, 0) is 53.6 Å². The lowest BCUT2D eigenvalue weighted by atomic mass is 10.0. The fourth-order valence-corrected chi connectivity index (χ4v) is 8.19. The van der Waals surface area contributed by atoms with Crippen molar-refractivity contribution in [3.05, 3.63) is 170 Å². The number of hydrogen-bond donors (Lipinski definition) is 0. The zero-order valence-electron chi connectivity index (χ0n) is 26.9. The first-order chi connectivity index (χ1) is 24.8. The lowest BCUT2D eigenvalue weighted by Gasteiger charge is -2.12. The molecule has 10 aromatic rings. The first-order valence-electron chi connectivity index (χ1n) is 16.7. The first kappa shape index (κ1) is 28.6. The van der Waals surface area contributed by atoms with Gasteiger partial charge < -0.3 is 4.57 Å². The van der Waals surface area contributed by atoms with Gasteiger partial charge in [-0.3, -0.25) is 0 Å². The number of thiophene rings is 1. The molecule has 0 aliphatic carbocycles. The SMILES string of the molecule is c1ccc(-c2nc(-c3ccccc3)nc(-c3cccc(-c4cccc(-n5c6ccccc6c6cc7c(cc65)sc5ccccc57)c4)c3)n2)cc1. The first-order valence-corrected chi connectivity index (χ1v) is 17.5. The van der Waals surface area contributed by atoms with Gasteiger partial charge in [0.25, 0.3) is 0 Å². The van der Waals surface area contributed by atoms with E-state index < -0.39 is 0 Å². The van der Waals surface area contributed by atoms with Crippen LogP contribution in [0.5, 0.6) is 0 Å². The summed E-state index contributed by atoms with van der Waals surface area (Å²) >= 11 is 1.86. The fraction of sp³-hybridized carbons (Fsp3) is 0. The van der Waals surface area contributed by atoms with Gasteiger partial charge in [0.05, 0.1) is 11.0 Å². The number of nitrogens with zero attached hydrogens (tertiary/aromatic N) is 4. The maximum Gasteiger partial charge on any atom is 0.164 e. The Morgan fingerprint density at radius 2 is 0.900 bits per heavy atom. The molecule has 0 unspecified atom stereocenters. The molecular weight excluding hydrogens is 629 g/mol. The molecule has 0 aliphatic rings. The Morgan fingerprint density at radius 1 is 0.340 bits per heavy atom. The van der Waals surface area contributed by atoms with Crippen LogP contribution >= 0.6 is 11.3 Å². The Labute approximate surface area is 292 Å². The highest BCUT2D eigenvalue weighted by atomic mass is 32.1. The van der Waals surface area contributed by atoms with Gasteiger partial charge in [-0.2, -0.15) is 0 Å². The second-order valence-electron chi connectivity index (χ2n) is 12.5. The molecule has 4 nitrogen and oxygen atoms in total. The van der Waals surface area contributed by atoms with Crippen LogP contribution in [-0.2, 0) is 0 Å². The predicted molar refractivity (Wildman–Crippen MR) is 209 cm³/mol. The third-order valence-corrected chi connectivity index (χ3v) is 10.6. The van der Waals surface area contributed by atoms with Crippen LogP contribution in [0.25, 0.3) is 93.0 Å².